The minimum absolute atomic E-state index is 0.0592. The Morgan fingerprint density at radius 3 is 2.52 bits per heavy atom. The van der Waals surface area contributed by atoms with Gasteiger partial charge in [-0.25, -0.2) is 4.39 Å². The summed E-state index contributed by atoms with van der Waals surface area (Å²) in [4.78, 5) is 12.5. The van der Waals surface area contributed by atoms with Crippen LogP contribution in [0.5, 0.6) is 11.5 Å². The van der Waals surface area contributed by atoms with Gasteiger partial charge < -0.3 is 14.3 Å². The van der Waals surface area contributed by atoms with E-state index in [9.17, 15) is 14.3 Å². The molecule has 0 spiro atoms. The number of carbonyl (C=O) groups is 1. The maximum atomic E-state index is 13.2. The van der Waals surface area contributed by atoms with Crippen LogP contribution in [0.1, 0.15) is 37.6 Å². The van der Waals surface area contributed by atoms with Crippen molar-refractivity contribution in [1.29, 1.82) is 0 Å². The number of benzene rings is 2. The van der Waals surface area contributed by atoms with E-state index in [0.29, 0.717) is 40.0 Å². The van der Waals surface area contributed by atoms with Crippen LogP contribution in [0.2, 0.25) is 0 Å². The Morgan fingerprint density at radius 2 is 1.92 bits per heavy atom. The van der Waals surface area contributed by atoms with E-state index in [2.05, 4.69) is 0 Å². The molecule has 0 radical (unpaired) electrons. The Bertz CT molecular complexity index is 923. The smallest absolute Gasteiger partial charge is 0.167 e. The summed E-state index contributed by atoms with van der Waals surface area (Å²) in [7, 11) is 0. The first-order valence-electron chi connectivity index (χ1n) is 8.16. The molecule has 0 aliphatic rings. The minimum Gasteiger partial charge on any atom is -0.504 e. The Labute approximate surface area is 144 Å². The summed E-state index contributed by atoms with van der Waals surface area (Å²) in [5.74, 6) is 0.130. The van der Waals surface area contributed by atoms with E-state index < -0.39 is 0 Å². The van der Waals surface area contributed by atoms with Gasteiger partial charge in [0, 0.05) is 23.4 Å². The number of halogens is 1. The van der Waals surface area contributed by atoms with Gasteiger partial charge in [-0.05, 0) is 44.2 Å². The summed E-state index contributed by atoms with van der Waals surface area (Å²) in [5, 5.41) is 10.7. The highest BCUT2D eigenvalue weighted by Gasteiger charge is 2.23. The van der Waals surface area contributed by atoms with Crippen LogP contribution in [0.3, 0.4) is 0 Å². The summed E-state index contributed by atoms with van der Waals surface area (Å²) in [6.45, 7) is 5.46. The van der Waals surface area contributed by atoms with E-state index in [4.69, 9.17) is 9.15 Å². The maximum Gasteiger partial charge on any atom is 0.167 e. The van der Waals surface area contributed by atoms with Crippen LogP contribution in [-0.2, 0) is 0 Å². The number of rotatable bonds is 5. The quantitative estimate of drug-likeness (QED) is 0.637. The molecule has 0 amide bonds. The lowest BCUT2D eigenvalue weighted by atomic mass is 10.0. The molecule has 2 aromatic carbocycles. The summed E-state index contributed by atoms with van der Waals surface area (Å²) in [6, 6.07) is 8.80. The second-order valence-electron chi connectivity index (χ2n) is 6.07. The van der Waals surface area contributed by atoms with Gasteiger partial charge in [0.05, 0.1) is 11.7 Å². The van der Waals surface area contributed by atoms with Crippen LogP contribution in [0.25, 0.3) is 22.3 Å². The van der Waals surface area contributed by atoms with Crippen LogP contribution in [0.4, 0.5) is 4.39 Å². The van der Waals surface area contributed by atoms with Crippen LogP contribution >= 0.6 is 0 Å². The Balaban J connectivity index is 2.26. The van der Waals surface area contributed by atoms with Crippen molar-refractivity contribution < 1.29 is 23.4 Å². The van der Waals surface area contributed by atoms with Crippen molar-refractivity contribution in [3.8, 4) is 22.8 Å². The molecule has 0 fully saturated rings. The predicted molar refractivity (Wildman–Crippen MR) is 93.7 cm³/mol. The van der Waals surface area contributed by atoms with Gasteiger partial charge >= 0.3 is 0 Å². The fourth-order valence-corrected chi connectivity index (χ4v) is 2.72. The number of carbonyl (C=O) groups excluding carboxylic acids is 1. The van der Waals surface area contributed by atoms with Gasteiger partial charge in [0.1, 0.15) is 17.2 Å². The average molecular weight is 342 g/mol. The molecule has 4 nitrogen and oxygen atoms in total. The summed E-state index contributed by atoms with van der Waals surface area (Å²) < 4.78 is 24.6. The van der Waals surface area contributed by atoms with E-state index in [-0.39, 0.29) is 23.5 Å². The van der Waals surface area contributed by atoms with Crippen LogP contribution in [-0.4, -0.2) is 17.0 Å². The first-order valence-corrected chi connectivity index (χ1v) is 8.16. The van der Waals surface area contributed by atoms with Gasteiger partial charge in [-0.1, -0.05) is 6.92 Å². The van der Waals surface area contributed by atoms with Crippen LogP contribution in [0.15, 0.2) is 40.8 Å². The predicted octanol–water partition coefficient (Wildman–Crippen LogP) is 5.32. The lowest BCUT2D eigenvalue weighted by Crippen LogP contribution is -2.05. The number of fused-ring (bicyclic) bond motifs is 1. The largest absolute Gasteiger partial charge is 0.504 e. The van der Waals surface area contributed by atoms with Gasteiger partial charge in [0.2, 0.25) is 0 Å². The highest BCUT2D eigenvalue weighted by atomic mass is 19.1. The summed E-state index contributed by atoms with van der Waals surface area (Å²) in [5.41, 5.74) is 1.39. The second-order valence-corrected chi connectivity index (χ2v) is 6.07. The molecule has 5 heteroatoms. The third-order valence-corrected chi connectivity index (χ3v) is 3.84. The Morgan fingerprint density at radius 1 is 1.24 bits per heavy atom. The standard InChI is InChI=1S/C20H19FO4/c1-4-15(22)19-14-9-18(24-11(2)3)16(23)10-17(14)25-20(19)12-5-7-13(21)8-6-12/h5-11,23H,4H2,1-3H3. The minimum atomic E-state index is -0.367. The zero-order chi connectivity index (χ0) is 18.1. The molecule has 0 aliphatic heterocycles. The Hall–Kier alpha value is -2.82. The SMILES string of the molecule is CCC(=O)c1c(-c2ccc(F)cc2)oc2cc(O)c(OC(C)C)cc12. The molecule has 0 unspecified atom stereocenters. The first kappa shape index (κ1) is 17.0. The number of ether oxygens (including phenoxy) is 1. The molecule has 0 saturated carbocycles. The van der Waals surface area contributed by atoms with E-state index in [1.54, 1.807) is 25.1 Å². The molecule has 1 heterocycles. The topological polar surface area (TPSA) is 59.7 Å². The lowest BCUT2D eigenvalue weighted by molar-refractivity contribution is 0.0989. The van der Waals surface area contributed by atoms with Gasteiger partial charge in [-0.2, -0.15) is 0 Å². The monoisotopic (exact) mass is 342 g/mol. The fourth-order valence-electron chi connectivity index (χ4n) is 2.72. The number of hydrogen-bond acceptors (Lipinski definition) is 4. The lowest BCUT2D eigenvalue weighted by Gasteiger charge is -2.11. The molecule has 130 valence electrons. The molecule has 0 atom stereocenters. The molecule has 0 bridgehead atoms. The zero-order valence-corrected chi connectivity index (χ0v) is 14.3. The number of aromatic hydroxyl groups is 1. The molecule has 3 rings (SSSR count). The molecule has 1 N–H and O–H groups in total. The fraction of sp³-hybridized carbons (Fsp3) is 0.250. The molecule has 0 aliphatic carbocycles. The highest BCUT2D eigenvalue weighted by molar-refractivity contribution is 6.12. The number of Topliss-reactive ketones (excluding diaryl/α,β-unsaturated/α-hetero) is 1. The van der Waals surface area contributed by atoms with Gasteiger partial charge in [0.25, 0.3) is 0 Å². The molecule has 3 aromatic rings. The second kappa shape index (κ2) is 6.59. The molecule has 0 saturated heterocycles. The third-order valence-electron chi connectivity index (χ3n) is 3.84. The molecule has 1 aromatic heterocycles. The van der Waals surface area contributed by atoms with Gasteiger partial charge in [-0.15, -0.1) is 0 Å². The zero-order valence-electron chi connectivity index (χ0n) is 14.3. The van der Waals surface area contributed by atoms with Crippen molar-refractivity contribution in [2.45, 2.75) is 33.3 Å². The summed E-state index contributed by atoms with van der Waals surface area (Å²) in [6.07, 6.45) is 0.168. The van der Waals surface area contributed by atoms with Gasteiger partial charge in [0.15, 0.2) is 17.3 Å². The van der Waals surface area contributed by atoms with E-state index >= 15 is 0 Å². The third kappa shape index (κ3) is 3.22. The highest BCUT2D eigenvalue weighted by Crippen LogP contribution is 2.40. The van der Waals surface area contributed by atoms with Crippen LogP contribution in [0, 0.1) is 5.82 Å². The van der Waals surface area contributed by atoms with Crippen molar-refractivity contribution >= 4 is 16.8 Å². The van der Waals surface area contributed by atoms with E-state index in [1.165, 1.54) is 18.2 Å². The molecular formula is C20H19FO4. The van der Waals surface area contributed by atoms with Gasteiger partial charge in [-0.3, -0.25) is 4.79 Å². The number of ketones is 1. The van der Waals surface area contributed by atoms with Crippen molar-refractivity contribution in [1.82, 2.24) is 0 Å². The Kier molecular flexibility index (Phi) is 4.49. The average Bonchev–Trinajstić information content (AvgIpc) is 2.93. The number of furan rings is 1. The number of phenols is 1. The van der Waals surface area contributed by atoms with E-state index in [0.717, 1.165) is 0 Å². The molecule has 25 heavy (non-hydrogen) atoms. The normalized spacial score (nSPS) is 11.2. The molecular weight excluding hydrogens is 323 g/mol. The van der Waals surface area contributed by atoms with E-state index in [1.807, 2.05) is 13.8 Å². The first-order chi connectivity index (χ1) is 11.9. The van der Waals surface area contributed by atoms with Crippen LogP contribution < -0.4 is 4.74 Å². The van der Waals surface area contributed by atoms with Crippen molar-refractivity contribution in [3.63, 3.8) is 0 Å². The van der Waals surface area contributed by atoms with Crippen molar-refractivity contribution in [3.05, 3.63) is 47.8 Å². The summed E-state index contributed by atoms with van der Waals surface area (Å²) >= 11 is 0. The maximum absolute atomic E-state index is 13.2. The number of hydrogen-bond donors (Lipinski definition) is 1. The van der Waals surface area contributed by atoms with Crippen molar-refractivity contribution in [2.24, 2.45) is 0 Å². The van der Waals surface area contributed by atoms with Crippen molar-refractivity contribution in [2.75, 3.05) is 0 Å². The number of phenolic OH excluding ortho intramolecular Hbond substituents is 1.